The highest BCUT2D eigenvalue weighted by molar-refractivity contribution is 6.42. The Labute approximate surface area is 126 Å². The smallest absolute Gasteiger partial charge is 0.0595 e. The molecule has 1 atom stereocenters. The van der Waals surface area contributed by atoms with Gasteiger partial charge in [-0.1, -0.05) is 36.2 Å². The average Bonchev–Trinajstić information content (AvgIpc) is 3.22. The molecule has 1 aromatic rings. The van der Waals surface area contributed by atoms with E-state index < -0.39 is 0 Å². The van der Waals surface area contributed by atoms with E-state index in [1.165, 1.54) is 18.4 Å². The lowest BCUT2D eigenvalue weighted by atomic mass is 10.0. The molecule has 106 valence electrons. The molecule has 2 rings (SSSR count). The molecule has 0 radical (unpaired) electrons. The zero-order chi connectivity index (χ0) is 13.8. The molecule has 1 N–H and O–H groups in total. The molecule has 0 heterocycles. The number of nitrogens with zero attached hydrogens (tertiary/aromatic N) is 1. The van der Waals surface area contributed by atoms with Gasteiger partial charge in [-0.15, -0.1) is 0 Å². The Hall–Kier alpha value is -0.280. The Balaban J connectivity index is 1.86. The molecule has 0 aliphatic heterocycles. The van der Waals surface area contributed by atoms with Crippen LogP contribution in [0.4, 0.5) is 0 Å². The summed E-state index contributed by atoms with van der Waals surface area (Å²) in [6.07, 6.45) is 3.77. The Bertz CT molecular complexity index is 419. The molecule has 0 saturated heterocycles. The van der Waals surface area contributed by atoms with Crippen molar-refractivity contribution >= 4 is 23.2 Å². The highest BCUT2D eigenvalue weighted by atomic mass is 35.5. The molecule has 0 bridgehead atoms. The highest BCUT2D eigenvalue weighted by Crippen LogP contribution is 2.27. The maximum absolute atomic E-state index is 6.08. The van der Waals surface area contributed by atoms with Crippen molar-refractivity contribution in [2.45, 2.75) is 38.3 Å². The van der Waals surface area contributed by atoms with Gasteiger partial charge in [0.2, 0.25) is 0 Å². The molecule has 1 aromatic carbocycles. The second kappa shape index (κ2) is 6.94. The van der Waals surface area contributed by atoms with Crippen molar-refractivity contribution in [3.05, 3.63) is 33.8 Å². The van der Waals surface area contributed by atoms with Gasteiger partial charge in [0.1, 0.15) is 0 Å². The van der Waals surface area contributed by atoms with E-state index in [1.807, 2.05) is 12.1 Å². The summed E-state index contributed by atoms with van der Waals surface area (Å²) in [5.74, 6) is 0. The minimum Gasteiger partial charge on any atom is -0.309 e. The standard InChI is InChI=1S/C15H22Cl2N2/c1-3-15(11-4-7-13(16)14(17)10-11)18-8-9-19(2)12-5-6-12/h4,7,10,12,15,18H,3,5-6,8-9H2,1-2H3. The zero-order valence-corrected chi connectivity index (χ0v) is 13.1. The van der Waals surface area contributed by atoms with Crippen molar-refractivity contribution in [1.82, 2.24) is 10.2 Å². The Morgan fingerprint density at radius 1 is 1.32 bits per heavy atom. The maximum Gasteiger partial charge on any atom is 0.0595 e. The molecule has 0 amide bonds. The van der Waals surface area contributed by atoms with E-state index in [-0.39, 0.29) is 0 Å². The van der Waals surface area contributed by atoms with Crippen LogP contribution < -0.4 is 5.32 Å². The van der Waals surface area contributed by atoms with Crippen LogP contribution in [0.3, 0.4) is 0 Å². The summed E-state index contributed by atoms with van der Waals surface area (Å²) in [5.41, 5.74) is 1.21. The van der Waals surface area contributed by atoms with Crippen LogP contribution in [-0.4, -0.2) is 31.1 Å². The maximum atomic E-state index is 6.08. The summed E-state index contributed by atoms with van der Waals surface area (Å²) in [4.78, 5) is 2.44. The van der Waals surface area contributed by atoms with Gasteiger partial charge in [0.05, 0.1) is 10.0 Å². The summed E-state index contributed by atoms with van der Waals surface area (Å²) in [5, 5.41) is 4.86. The molecular formula is C15H22Cl2N2. The second-order valence-corrected chi connectivity index (χ2v) is 6.11. The van der Waals surface area contributed by atoms with E-state index in [0.717, 1.165) is 25.6 Å². The fraction of sp³-hybridized carbons (Fsp3) is 0.600. The number of halogens is 2. The Kier molecular flexibility index (Phi) is 5.52. The summed E-state index contributed by atoms with van der Waals surface area (Å²) in [6, 6.07) is 7.07. The number of hydrogen-bond acceptors (Lipinski definition) is 2. The van der Waals surface area contributed by atoms with Crippen LogP contribution in [0.15, 0.2) is 18.2 Å². The zero-order valence-electron chi connectivity index (χ0n) is 11.6. The molecule has 1 unspecified atom stereocenters. The van der Waals surface area contributed by atoms with Crippen molar-refractivity contribution in [3.63, 3.8) is 0 Å². The first kappa shape index (κ1) is 15.1. The third-order valence-corrected chi connectivity index (χ3v) is 4.52. The lowest BCUT2D eigenvalue weighted by Crippen LogP contribution is -2.32. The van der Waals surface area contributed by atoms with Gasteiger partial charge < -0.3 is 10.2 Å². The average molecular weight is 301 g/mol. The van der Waals surface area contributed by atoms with E-state index in [2.05, 4.69) is 30.3 Å². The molecule has 2 nitrogen and oxygen atoms in total. The molecule has 0 spiro atoms. The quantitative estimate of drug-likeness (QED) is 0.814. The van der Waals surface area contributed by atoms with E-state index in [0.29, 0.717) is 16.1 Å². The highest BCUT2D eigenvalue weighted by Gasteiger charge is 2.25. The molecular weight excluding hydrogens is 279 g/mol. The first-order valence-corrected chi connectivity index (χ1v) is 7.76. The first-order valence-electron chi connectivity index (χ1n) is 7.00. The molecule has 0 aromatic heterocycles. The third-order valence-electron chi connectivity index (χ3n) is 3.78. The van der Waals surface area contributed by atoms with Gasteiger partial charge in [0, 0.05) is 25.2 Å². The molecule has 1 fully saturated rings. The number of nitrogens with one attached hydrogen (secondary N) is 1. The Morgan fingerprint density at radius 2 is 2.05 bits per heavy atom. The van der Waals surface area contributed by atoms with E-state index in [1.54, 1.807) is 0 Å². The Morgan fingerprint density at radius 3 is 2.63 bits per heavy atom. The number of rotatable bonds is 7. The topological polar surface area (TPSA) is 15.3 Å². The molecule has 1 saturated carbocycles. The summed E-state index contributed by atoms with van der Waals surface area (Å²) in [7, 11) is 2.21. The van der Waals surface area contributed by atoms with Crippen LogP contribution >= 0.6 is 23.2 Å². The van der Waals surface area contributed by atoms with Crippen molar-refractivity contribution in [3.8, 4) is 0 Å². The van der Waals surface area contributed by atoms with Crippen LogP contribution in [0.1, 0.15) is 37.8 Å². The minimum absolute atomic E-state index is 0.349. The molecule has 19 heavy (non-hydrogen) atoms. The van der Waals surface area contributed by atoms with Gasteiger partial charge in [0.15, 0.2) is 0 Å². The normalized spacial score (nSPS) is 16.9. The summed E-state index contributed by atoms with van der Waals surface area (Å²) < 4.78 is 0. The van der Waals surface area contributed by atoms with Crippen molar-refractivity contribution in [2.75, 3.05) is 20.1 Å². The molecule has 4 heteroatoms. The fourth-order valence-corrected chi connectivity index (χ4v) is 2.65. The fourth-order valence-electron chi connectivity index (χ4n) is 2.34. The summed E-state index contributed by atoms with van der Waals surface area (Å²) in [6.45, 7) is 4.29. The lowest BCUT2D eigenvalue weighted by molar-refractivity contribution is 0.313. The van der Waals surface area contributed by atoms with Crippen molar-refractivity contribution < 1.29 is 0 Å². The van der Waals surface area contributed by atoms with Crippen LogP contribution in [-0.2, 0) is 0 Å². The van der Waals surface area contributed by atoms with Crippen LogP contribution in [0.5, 0.6) is 0 Å². The van der Waals surface area contributed by atoms with Crippen molar-refractivity contribution in [2.24, 2.45) is 0 Å². The van der Waals surface area contributed by atoms with Crippen LogP contribution in [0.25, 0.3) is 0 Å². The predicted molar refractivity (Wildman–Crippen MR) is 83.1 cm³/mol. The first-order chi connectivity index (χ1) is 9.11. The van der Waals surface area contributed by atoms with E-state index >= 15 is 0 Å². The predicted octanol–water partition coefficient (Wildman–Crippen LogP) is 4.13. The number of likely N-dealkylation sites (N-methyl/N-ethyl adjacent to an activating group) is 1. The van der Waals surface area contributed by atoms with Crippen molar-refractivity contribution in [1.29, 1.82) is 0 Å². The second-order valence-electron chi connectivity index (χ2n) is 5.30. The monoisotopic (exact) mass is 300 g/mol. The van der Waals surface area contributed by atoms with Crippen LogP contribution in [0.2, 0.25) is 10.0 Å². The van der Waals surface area contributed by atoms with Gasteiger partial charge in [-0.25, -0.2) is 0 Å². The van der Waals surface area contributed by atoms with Gasteiger partial charge in [0.25, 0.3) is 0 Å². The minimum atomic E-state index is 0.349. The van der Waals surface area contributed by atoms with E-state index in [9.17, 15) is 0 Å². The van der Waals surface area contributed by atoms with Crippen LogP contribution in [0, 0.1) is 0 Å². The van der Waals surface area contributed by atoms with Gasteiger partial charge in [-0.2, -0.15) is 0 Å². The number of hydrogen-bond donors (Lipinski definition) is 1. The van der Waals surface area contributed by atoms with Gasteiger partial charge >= 0.3 is 0 Å². The largest absolute Gasteiger partial charge is 0.309 e. The van der Waals surface area contributed by atoms with Gasteiger partial charge in [-0.05, 0) is 44.0 Å². The van der Waals surface area contributed by atoms with E-state index in [4.69, 9.17) is 23.2 Å². The third kappa shape index (κ3) is 4.35. The number of benzene rings is 1. The SMILES string of the molecule is CCC(NCCN(C)C1CC1)c1ccc(Cl)c(Cl)c1. The molecule has 1 aliphatic rings. The summed E-state index contributed by atoms with van der Waals surface area (Å²) >= 11 is 12.0. The lowest BCUT2D eigenvalue weighted by Gasteiger charge is -2.21. The van der Waals surface area contributed by atoms with Gasteiger partial charge in [-0.3, -0.25) is 0 Å². The molecule has 1 aliphatic carbocycles.